The molecule has 51 heavy (non-hydrogen) atoms. The number of hydrogen-bond donors (Lipinski definition) is 2. The molecule has 0 atom stereocenters. The van der Waals surface area contributed by atoms with Crippen molar-refractivity contribution in [3.8, 4) is 22.8 Å². The quantitative estimate of drug-likeness (QED) is 0.0521. The van der Waals surface area contributed by atoms with Gasteiger partial charge >= 0.3 is 0 Å². The third-order valence-corrected chi connectivity index (χ3v) is 8.82. The van der Waals surface area contributed by atoms with Crippen LogP contribution in [0, 0.1) is 13.8 Å². The maximum atomic E-state index is 9.13. The Balaban J connectivity index is 0.000000209. The van der Waals surface area contributed by atoms with E-state index in [-0.39, 0.29) is 0 Å². The number of halogens is 3. The molecule has 0 spiro atoms. The van der Waals surface area contributed by atoms with Gasteiger partial charge in [-0.25, -0.2) is 15.0 Å². The standard InChI is InChI=1S/C20H23N3O.C19H20N4.CH3I.I2/c1-4-7-17(22-24)13-15-10-11-16(12-14(15)2)20-21-18-8-5-6-9-19(18)23(20)3;1-4-7-17-20-15-11-13(10-12(2)18(15)22-17)19-21-14-8-5-6-9-16(14)23(19)3;2*1-2/h5-6,8-12,24H,4,7,13H2,1-3H3;5-6,8-11H,4,7H2,1-3H3,(H,20,22);1H3;/b22-17+;;;. The minimum absolute atomic E-state index is 0.693. The molecule has 7 aromatic rings. The lowest BCUT2D eigenvalue weighted by Gasteiger charge is -2.10. The van der Waals surface area contributed by atoms with Gasteiger partial charge in [-0.1, -0.05) is 84.4 Å². The van der Waals surface area contributed by atoms with Crippen LogP contribution in [0.15, 0.2) is 84.0 Å². The number of imidazole rings is 3. The first-order chi connectivity index (χ1) is 24.8. The Labute approximate surface area is 338 Å². The van der Waals surface area contributed by atoms with Crippen LogP contribution in [0.2, 0.25) is 0 Å². The van der Waals surface area contributed by atoms with Crippen molar-refractivity contribution in [3.63, 3.8) is 0 Å². The van der Waals surface area contributed by atoms with E-state index in [9.17, 15) is 0 Å². The molecule has 268 valence electrons. The first-order valence-corrected chi connectivity index (χ1v) is 25.4. The molecule has 0 radical (unpaired) electrons. The molecular weight excluding hydrogens is 975 g/mol. The number of fused-ring (bicyclic) bond motifs is 3. The van der Waals surface area contributed by atoms with E-state index >= 15 is 0 Å². The molecule has 7 rings (SSSR count). The van der Waals surface area contributed by atoms with Crippen molar-refractivity contribution in [3.05, 3.63) is 101 Å². The molecule has 8 nitrogen and oxygen atoms in total. The summed E-state index contributed by atoms with van der Waals surface area (Å²) < 4.78 is 4.28. The zero-order valence-corrected chi connectivity index (χ0v) is 36.8. The summed E-state index contributed by atoms with van der Waals surface area (Å²) in [6.45, 7) is 8.48. The number of aromatic amines is 1. The van der Waals surface area contributed by atoms with E-state index in [1.807, 2.05) is 42.3 Å². The maximum Gasteiger partial charge on any atom is 0.140 e. The first-order valence-electron chi connectivity index (χ1n) is 17.0. The molecule has 2 N–H and O–H groups in total. The van der Waals surface area contributed by atoms with Crippen LogP contribution in [0.25, 0.3) is 55.9 Å². The van der Waals surface area contributed by atoms with Crippen LogP contribution in [0.1, 0.15) is 55.6 Å². The van der Waals surface area contributed by atoms with Crippen molar-refractivity contribution < 1.29 is 5.21 Å². The van der Waals surface area contributed by atoms with Crippen LogP contribution in [0.4, 0.5) is 0 Å². The fraction of sp³-hybridized carbons (Fsp3) is 0.300. The zero-order valence-electron chi connectivity index (χ0n) is 30.3. The number of aromatic nitrogens is 6. The molecular formula is C40H46I3N7O. The molecule has 0 bridgehead atoms. The average Bonchev–Trinajstić information content (AvgIpc) is 3.84. The van der Waals surface area contributed by atoms with E-state index in [4.69, 9.17) is 20.2 Å². The van der Waals surface area contributed by atoms with Crippen LogP contribution in [-0.4, -0.2) is 44.9 Å². The highest BCUT2D eigenvalue weighted by Gasteiger charge is 2.14. The number of hydrogen-bond acceptors (Lipinski definition) is 5. The van der Waals surface area contributed by atoms with Crippen molar-refractivity contribution in [2.45, 2.75) is 59.8 Å². The predicted octanol–water partition coefficient (Wildman–Crippen LogP) is 11.9. The topological polar surface area (TPSA) is 96.9 Å². The van der Waals surface area contributed by atoms with Crippen LogP contribution >= 0.6 is 59.8 Å². The summed E-state index contributed by atoms with van der Waals surface area (Å²) in [6.07, 6.45) is 4.57. The van der Waals surface area contributed by atoms with Gasteiger partial charge in [0, 0.05) is 75.3 Å². The van der Waals surface area contributed by atoms with Gasteiger partial charge < -0.3 is 19.3 Å². The van der Waals surface area contributed by atoms with E-state index < -0.39 is 0 Å². The summed E-state index contributed by atoms with van der Waals surface area (Å²) in [7, 11) is 4.12. The lowest BCUT2D eigenvalue weighted by Crippen LogP contribution is -2.04. The smallest absolute Gasteiger partial charge is 0.140 e. The zero-order chi connectivity index (χ0) is 37.1. The molecule has 0 aliphatic rings. The fourth-order valence-electron chi connectivity index (χ4n) is 6.35. The summed E-state index contributed by atoms with van der Waals surface area (Å²) in [5.74, 6) is 3.02. The lowest BCUT2D eigenvalue weighted by molar-refractivity contribution is 0.316. The summed E-state index contributed by atoms with van der Waals surface area (Å²) >= 11 is 6.39. The second kappa shape index (κ2) is 19.7. The molecule has 0 aliphatic carbocycles. The van der Waals surface area contributed by atoms with Crippen LogP contribution in [0.3, 0.4) is 0 Å². The van der Waals surface area contributed by atoms with Gasteiger partial charge in [0.25, 0.3) is 0 Å². The number of rotatable bonds is 8. The summed E-state index contributed by atoms with van der Waals surface area (Å²) in [6, 6.07) is 27.1. The molecule has 0 saturated heterocycles. The Bertz CT molecular complexity index is 2230. The minimum Gasteiger partial charge on any atom is -0.411 e. The number of nitrogens with one attached hydrogen (secondary N) is 1. The Hall–Kier alpha value is -3.05. The van der Waals surface area contributed by atoms with Gasteiger partial charge in [0.05, 0.1) is 38.8 Å². The molecule has 0 fully saturated rings. The third-order valence-electron chi connectivity index (χ3n) is 8.82. The second-order valence-corrected chi connectivity index (χ2v) is 12.3. The molecule has 0 aliphatic heterocycles. The van der Waals surface area contributed by atoms with Crippen molar-refractivity contribution in [1.29, 1.82) is 0 Å². The van der Waals surface area contributed by atoms with Gasteiger partial charge in [-0.3, -0.25) is 0 Å². The largest absolute Gasteiger partial charge is 0.411 e. The highest BCUT2D eigenvalue weighted by atomic mass is 128. The second-order valence-electron chi connectivity index (χ2n) is 12.3. The third kappa shape index (κ3) is 9.50. The Morgan fingerprint density at radius 3 is 1.84 bits per heavy atom. The fourth-order valence-corrected chi connectivity index (χ4v) is 6.35. The number of benzene rings is 4. The Kier molecular flexibility index (Phi) is 15.7. The summed E-state index contributed by atoms with van der Waals surface area (Å²) in [5, 5.41) is 12.6. The lowest BCUT2D eigenvalue weighted by atomic mass is 9.98. The van der Waals surface area contributed by atoms with E-state index in [0.29, 0.717) is 6.42 Å². The van der Waals surface area contributed by atoms with Crippen molar-refractivity contribution >= 4 is 98.6 Å². The van der Waals surface area contributed by atoms with Crippen molar-refractivity contribution in [2.24, 2.45) is 19.3 Å². The molecule has 0 unspecified atom stereocenters. The van der Waals surface area contributed by atoms with Gasteiger partial charge in [0.1, 0.15) is 17.5 Å². The number of nitrogens with zero attached hydrogens (tertiary/aromatic N) is 6. The van der Waals surface area contributed by atoms with E-state index in [1.165, 1.54) is 16.7 Å². The van der Waals surface area contributed by atoms with E-state index in [1.54, 1.807) is 0 Å². The Morgan fingerprint density at radius 2 is 1.31 bits per heavy atom. The molecule has 11 heteroatoms. The minimum atomic E-state index is 0.693. The van der Waals surface area contributed by atoms with Crippen molar-refractivity contribution in [1.82, 2.24) is 29.1 Å². The van der Waals surface area contributed by atoms with Gasteiger partial charge in [0.15, 0.2) is 0 Å². The summed E-state index contributed by atoms with van der Waals surface area (Å²) in [4.78, 5) is 19.7. The molecule has 4 aromatic carbocycles. The summed E-state index contributed by atoms with van der Waals surface area (Å²) in [5.41, 5.74) is 13.1. The number of H-pyrrole nitrogens is 1. The van der Waals surface area contributed by atoms with Crippen LogP contribution in [0.5, 0.6) is 0 Å². The van der Waals surface area contributed by atoms with Gasteiger partial charge in [0.2, 0.25) is 0 Å². The van der Waals surface area contributed by atoms with Gasteiger partial charge in [-0.05, 0) is 90.8 Å². The highest BCUT2D eigenvalue weighted by Crippen LogP contribution is 2.29. The Morgan fingerprint density at radius 1 is 0.745 bits per heavy atom. The highest BCUT2D eigenvalue weighted by molar-refractivity contribution is 15.0. The normalized spacial score (nSPS) is 11.1. The van der Waals surface area contributed by atoms with Crippen LogP contribution in [-0.2, 0) is 26.9 Å². The van der Waals surface area contributed by atoms with E-state index in [0.717, 1.165) is 93.1 Å². The number of aryl methyl sites for hydroxylation is 5. The van der Waals surface area contributed by atoms with Gasteiger partial charge in [-0.15, -0.1) is 0 Å². The molecule has 3 heterocycles. The number of alkyl halides is 1. The molecule has 3 aromatic heterocycles. The van der Waals surface area contributed by atoms with E-state index in [2.05, 4.69) is 162 Å². The van der Waals surface area contributed by atoms with Gasteiger partial charge in [-0.2, -0.15) is 0 Å². The first kappa shape index (κ1) is 40.7. The average molecular weight is 1020 g/mol. The maximum absolute atomic E-state index is 9.13. The van der Waals surface area contributed by atoms with Crippen molar-refractivity contribution in [2.75, 3.05) is 4.93 Å². The molecule has 0 saturated carbocycles. The monoisotopic (exact) mass is 1020 g/mol. The number of para-hydroxylation sites is 4. The molecule has 0 amide bonds. The van der Waals surface area contributed by atoms with Crippen LogP contribution < -0.4 is 0 Å². The number of oxime groups is 1. The predicted molar refractivity (Wildman–Crippen MR) is 241 cm³/mol. The SMILES string of the molecule is CCC/C(Cc1ccc(-c2nc3ccccc3n2C)cc1C)=N\O.CCCc1nc2c(C)cc(-c3nc4ccccc4n3C)cc2[nH]1.CI.II.